The Hall–Kier alpha value is -3.07. The van der Waals surface area contributed by atoms with Crippen LogP contribution in [0.15, 0.2) is 77.0 Å². The average Bonchev–Trinajstić information content (AvgIpc) is 3.15. The molecule has 0 bridgehead atoms. The van der Waals surface area contributed by atoms with Gasteiger partial charge in [-0.2, -0.15) is 5.26 Å². The number of hydrogen-bond donors (Lipinski definition) is 0. The van der Waals surface area contributed by atoms with Crippen LogP contribution in [0.3, 0.4) is 0 Å². The van der Waals surface area contributed by atoms with E-state index in [0.717, 1.165) is 33.5 Å². The maximum atomic E-state index is 9.29. The summed E-state index contributed by atoms with van der Waals surface area (Å²) in [7, 11) is 0. The van der Waals surface area contributed by atoms with Gasteiger partial charge in [-0.15, -0.1) is 10.2 Å². The summed E-state index contributed by atoms with van der Waals surface area (Å²) in [6, 6.07) is 24.3. The molecule has 0 fully saturated rings. The highest BCUT2D eigenvalue weighted by Gasteiger charge is 2.14. The normalized spacial score (nSPS) is 12.3. The smallest absolute Gasteiger partial charge is 0.217 e. The molecule has 1 aromatic heterocycles. The van der Waals surface area contributed by atoms with Crippen LogP contribution < -0.4 is 0 Å². The molecule has 4 rings (SSSR count). The minimum atomic E-state index is 0.149. The Labute approximate surface area is 184 Å². The first-order chi connectivity index (χ1) is 14.6. The number of aromatic nitrogens is 1. The Morgan fingerprint density at radius 3 is 2.67 bits per heavy atom. The number of nitrogens with zero attached hydrogens (tertiary/aromatic N) is 4. The third-order valence-electron chi connectivity index (χ3n) is 4.94. The third kappa shape index (κ3) is 4.73. The van der Waals surface area contributed by atoms with Gasteiger partial charge in [0.05, 0.1) is 22.0 Å². The molecule has 6 heteroatoms. The topological polar surface area (TPSA) is 61.4 Å². The van der Waals surface area contributed by atoms with E-state index in [4.69, 9.17) is 11.6 Å². The van der Waals surface area contributed by atoms with E-state index in [2.05, 4.69) is 39.5 Å². The van der Waals surface area contributed by atoms with Gasteiger partial charge in [0.2, 0.25) is 5.13 Å². The number of rotatable bonds is 6. The van der Waals surface area contributed by atoms with Crippen LogP contribution in [-0.2, 0) is 6.42 Å². The van der Waals surface area contributed by atoms with E-state index in [1.165, 1.54) is 16.9 Å². The number of thiazole rings is 1. The summed E-state index contributed by atoms with van der Waals surface area (Å²) >= 11 is 7.50. The maximum Gasteiger partial charge on any atom is 0.231 e. The van der Waals surface area contributed by atoms with Crippen molar-refractivity contribution in [2.24, 2.45) is 10.2 Å². The number of halogens is 1. The Morgan fingerprint density at radius 2 is 1.90 bits per heavy atom. The van der Waals surface area contributed by atoms with Gasteiger partial charge >= 0.3 is 0 Å². The summed E-state index contributed by atoms with van der Waals surface area (Å²) in [5.74, 6) is 0.149. The van der Waals surface area contributed by atoms with Crippen molar-refractivity contribution < 1.29 is 0 Å². The van der Waals surface area contributed by atoms with Crippen molar-refractivity contribution in [3.63, 3.8) is 0 Å². The van der Waals surface area contributed by atoms with Gasteiger partial charge in [0.1, 0.15) is 0 Å². The lowest BCUT2D eigenvalue weighted by molar-refractivity contribution is 0.701. The Balaban J connectivity index is 1.55. The minimum Gasteiger partial charge on any atom is -0.217 e. The lowest BCUT2D eigenvalue weighted by atomic mass is 9.89. The Morgan fingerprint density at radius 1 is 1.07 bits per heavy atom. The van der Waals surface area contributed by atoms with Crippen LogP contribution in [0.2, 0.25) is 5.02 Å². The predicted octanol–water partition coefficient (Wildman–Crippen LogP) is 7.91. The molecule has 4 nitrogen and oxygen atoms in total. The molecule has 3 aromatic carbocycles. The zero-order valence-corrected chi connectivity index (χ0v) is 18.0. The van der Waals surface area contributed by atoms with Crippen molar-refractivity contribution in [3.05, 3.63) is 88.4 Å². The van der Waals surface area contributed by atoms with E-state index < -0.39 is 0 Å². The van der Waals surface area contributed by atoms with Crippen LogP contribution in [0.1, 0.15) is 29.0 Å². The molecule has 0 saturated carbocycles. The first-order valence-corrected chi connectivity index (χ1v) is 10.8. The lowest BCUT2D eigenvalue weighted by Gasteiger charge is -2.15. The van der Waals surface area contributed by atoms with Crippen molar-refractivity contribution in [1.82, 2.24) is 4.98 Å². The number of fused-ring (bicyclic) bond motifs is 1. The molecule has 0 amide bonds. The third-order valence-corrected chi connectivity index (χ3v) is 6.07. The number of aryl methyl sites for hydroxylation is 1. The Bertz CT molecular complexity index is 1240. The van der Waals surface area contributed by atoms with Gasteiger partial charge in [-0.1, -0.05) is 65.4 Å². The second-order valence-electron chi connectivity index (χ2n) is 7.10. The monoisotopic (exact) mass is 430 g/mol. The first kappa shape index (κ1) is 20.2. The Kier molecular flexibility index (Phi) is 6.18. The zero-order valence-electron chi connectivity index (χ0n) is 16.4. The van der Waals surface area contributed by atoms with Gasteiger partial charge in [-0.05, 0) is 54.3 Å². The molecule has 1 atom stereocenters. The fourth-order valence-corrected chi connectivity index (χ4v) is 4.45. The molecule has 1 unspecified atom stereocenters. The largest absolute Gasteiger partial charge is 0.231 e. The molecule has 30 heavy (non-hydrogen) atoms. The van der Waals surface area contributed by atoms with Gasteiger partial charge in [-0.25, -0.2) is 4.98 Å². The SMILES string of the molecule is Cc1cc(C(CC#N)Cc2ccccc2)ccc1N=Nc1nc2ccc(Cl)cc2s1. The summed E-state index contributed by atoms with van der Waals surface area (Å²) in [6.07, 6.45) is 1.31. The molecule has 1 heterocycles. The van der Waals surface area contributed by atoms with Crippen LogP contribution in [0, 0.1) is 18.3 Å². The zero-order chi connectivity index (χ0) is 20.9. The van der Waals surface area contributed by atoms with Crippen molar-refractivity contribution in [1.29, 1.82) is 5.26 Å². The molecule has 0 spiro atoms. The van der Waals surface area contributed by atoms with Gasteiger partial charge in [0.15, 0.2) is 0 Å². The van der Waals surface area contributed by atoms with E-state index in [1.807, 2.05) is 55.5 Å². The maximum absolute atomic E-state index is 9.29. The summed E-state index contributed by atoms with van der Waals surface area (Å²) in [6.45, 7) is 2.02. The van der Waals surface area contributed by atoms with Gasteiger partial charge in [-0.3, -0.25) is 0 Å². The van der Waals surface area contributed by atoms with E-state index in [1.54, 1.807) is 0 Å². The van der Waals surface area contributed by atoms with Crippen LogP contribution in [0.4, 0.5) is 10.8 Å². The summed E-state index contributed by atoms with van der Waals surface area (Å²) in [5.41, 5.74) is 5.06. The van der Waals surface area contributed by atoms with Gasteiger partial charge in [0, 0.05) is 17.4 Å². The van der Waals surface area contributed by atoms with Crippen molar-refractivity contribution in [2.45, 2.75) is 25.7 Å². The van der Waals surface area contributed by atoms with Gasteiger partial charge < -0.3 is 0 Å². The van der Waals surface area contributed by atoms with Gasteiger partial charge in [0.25, 0.3) is 0 Å². The fraction of sp³-hybridized carbons (Fsp3) is 0.167. The fourth-order valence-electron chi connectivity index (χ4n) is 3.39. The highest BCUT2D eigenvalue weighted by molar-refractivity contribution is 7.21. The van der Waals surface area contributed by atoms with Crippen LogP contribution in [0.25, 0.3) is 10.2 Å². The summed E-state index contributed by atoms with van der Waals surface area (Å²) in [5, 5.41) is 19.3. The lowest BCUT2D eigenvalue weighted by Crippen LogP contribution is -2.02. The molecular formula is C24H19ClN4S. The van der Waals surface area contributed by atoms with Crippen molar-refractivity contribution in [2.75, 3.05) is 0 Å². The van der Waals surface area contributed by atoms with Crippen molar-refractivity contribution >= 4 is 44.0 Å². The van der Waals surface area contributed by atoms with E-state index in [0.29, 0.717) is 16.6 Å². The average molecular weight is 431 g/mol. The highest BCUT2D eigenvalue weighted by atomic mass is 35.5. The minimum absolute atomic E-state index is 0.149. The second kappa shape index (κ2) is 9.17. The predicted molar refractivity (Wildman–Crippen MR) is 123 cm³/mol. The molecule has 148 valence electrons. The summed E-state index contributed by atoms with van der Waals surface area (Å²) in [4.78, 5) is 4.48. The molecule has 0 N–H and O–H groups in total. The number of hydrogen-bond acceptors (Lipinski definition) is 5. The van der Waals surface area contributed by atoms with Crippen LogP contribution in [-0.4, -0.2) is 4.98 Å². The number of azo groups is 1. The van der Waals surface area contributed by atoms with Crippen LogP contribution >= 0.6 is 22.9 Å². The number of benzene rings is 3. The molecule has 0 aliphatic carbocycles. The number of nitriles is 1. The quantitative estimate of drug-likeness (QED) is 0.291. The molecule has 0 radical (unpaired) electrons. The van der Waals surface area contributed by atoms with Crippen LogP contribution in [0.5, 0.6) is 0 Å². The summed E-state index contributed by atoms with van der Waals surface area (Å²) < 4.78 is 0.990. The highest BCUT2D eigenvalue weighted by Crippen LogP contribution is 2.33. The standard InChI is InChI=1S/C24H19ClN4S/c1-16-13-18(19(11-12-26)14-17-5-3-2-4-6-17)7-9-21(16)28-29-24-27-22-10-8-20(25)15-23(22)30-24/h2-10,13,15,19H,11,14H2,1H3. The van der Waals surface area contributed by atoms with E-state index in [9.17, 15) is 5.26 Å². The molecule has 0 aliphatic rings. The molecule has 0 aliphatic heterocycles. The van der Waals surface area contributed by atoms with Crippen molar-refractivity contribution in [3.8, 4) is 6.07 Å². The molecule has 0 saturated heterocycles. The second-order valence-corrected chi connectivity index (χ2v) is 8.55. The van der Waals surface area contributed by atoms with E-state index in [-0.39, 0.29) is 5.92 Å². The molecule has 4 aromatic rings. The first-order valence-electron chi connectivity index (χ1n) is 9.61. The molecular weight excluding hydrogens is 412 g/mol. The van der Waals surface area contributed by atoms with E-state index >= 15 is 0 Å².